The summed E-state index contributed by atoms with van der Waals surface area (Å²) >= 11 is 0. The topological polar surface area (TPSA) is 46.2 Å². The van der Waals surface area contributed by atoms with E-state index in [0.717, 1.165) is 28.1 Å². The summed E-state index contributed by atoms with van der Waals surface area (Å²) < 4.78 is 29.0. The van der Waals surface area contributed by atoms with E-state index in [1.807, 2.05) is 43.3 Å². The van der Waals surface area contributed by atoms with Crippen molar-refractivity contribution in [2.24, 2.45) is 0 Å². The lowest BCUT2D eigenvalue weighted by Crippen LogP contribution is -2.41. The van der Waals surface area contributed by atoms with E-state index < -0.39 is 0 Å². The van der Waals surface area contributed by atoms with E-state index in [9.17, 15) is 0 Å². The first-order valence-electron chi connectivity index (χ1n) is 10.0. The van der Waals surface area contributed by atoms with Gasteiger partial charge >= 0.3 is 7.12 Å². The van der Waals surface area contributed by atoms with Crippen LogP contribution in [0.1, 0.15) is 38.8 Å². The van der Waals surface area contributed by atoms with Gasteiger partial charge in [0, 0.05) is 7.11 Å². The smallest absolute Gasteiger partial charge is 0.491 e. The second-order valence-electron chi connectivity index (χ2n) is 8.39. The Morgan fingerprint density at radius 1 is 0.862 bits per heavy atom. The molecule has 0 aromatic heterocycles. The third kappa shape index (κ3) is 5.13. The Morgan fingerprint density at radius 2 is 1.52 bits per heavy atom. The van der Waals surface area contributed by atoms with E-state index in [2.05, 4.69) is 33.8 Å². The maximum Gasteiger partial charge on any atom is 0.494 e. The lowest BCUT2D eigenvalue weighted by Gasteiger charge is -2.32. The molecule has 0 spiro atoms. The van der Waals surface area contributed by atoms with Crippen LogP contribution in [0.5, 0.6) is 11.5 Å². The van der Waals surface area contributed by atoms with Crippen LogP contribution in [0, 0.1) is 6.92 Å². The molecule has 6 heteroatoms. The molecule has 0 aliphatic carbocycles. The summed E-state index contributed by atoms with van der Waals surface area (Å²) in [6, 6.07) is 14.0. The number of rotatable bonds is 8. The molecule has 156 valence electrons. The normalized spacial score (nSPS) is 17.4. The molecule has 0 amide bonds. The summed E-state index contributed by atoms with van der Waals surface area (Å²) in [5, 5.41) is 0. The Balaban J connectivity index is 1.59. The number of methoxy groups -OCH3 is 1. The van der Waals surface area contributed by atoms with E-state index in [4.69, 9.17) is 23.5 Å². The molecule has 1 heterocycles. The molecule has 1 saturated heterocycles. The fraction of sp³-hybridized carbons (Fsp3) is 0.478. The van der Waals surface area contributed by atoms with Crippen molar-refractivity contribution in [1.29, 1.82) is 0 Å². The lowest BCUT2D eigenvalue weighted by molar-refractivity contribution is 0.00578. The van der Waals surface area contributed by atoms with Crippen molar-refractivity contribution in [1.82, 2.24) is 0 Å². The van der Waals surface area contributed by atoms with Crippen LogP contribution in [0.3, 0.4) is 0 Å². The van der Waals surface area contributed by atoms with Crippen LogP contribution >= 0.6 is 0 Å². The van der Waals surface area contributed by atoms with Crippen molar-refractivity contribution in [3.05, 3.63) is 53.6 Å². The van der Waals surface area contributed by atoms with Crippen LogP contribution in [0.25, 0.3) is 0 Å². The van der Waals surface area contributed by atoms with Gasteiger partial charge in [0.1, 0.15) is 24.7 Å². The van der Waals surface area contributed by atoms with Gasteiger partial charge in [-0.15, -0.1) is 0 Å². The molecule has 0 unspecified atom stereocenters. The SMILES string of the molecule is COCCOc1cc(COc2ccc(B3OC(C)(C)C(C)(C)O3)cc2)ccc1C. The molecule has 1 aliphatic rings. The van der Waals surface area contributed by atoms with Crippen molar-refractivity contribution in [2.75, 3.05) is 20.3 Å². The molecule has 1 aliphatic heterocycles. The van der Waals surface area contributed by atoms with E-state index >= 15 is 0 Å². The fourth-order valence-electron chi connectivity index (χ4n) is 2.99. The number of hydrogen-bond acceptors (Lipinski definition) is 5. The third-order valence-corrected chi connectivity index (χ3v) is 5.61. The zero-order valence-corrected chi connectivity index (χ0v) is 18.3. The van der Waals surface area contributed by atoms with E-state index in [0.29, 0.717) is 19.8 Å². The summed E-state index contributed by atoms with van der Waals surface area (Å²) in [5.74, 6) is 1.66. The van der Waals surface area contributed by atoms with Crippen molar-refractivity contribution < 1.29 is 23.5 Å². The maximum atomic E-state index is 6.10. The molecule has 2 aromatic carbocycles. The quantitative estimate of drug-likeness (QED) is 0.499. The predicted octanol–water partition coefficient (Wildman–Crippen LogP) is 3.90. The van der Waals surface area contributed by atoms with Crippen LogP contribution in [0.15, 0.2) is 42.5 Å². The van der Waals surface area contributed by atoms with E-state index in [-0.39, 0.29) is 18.3 Å². The molecule has 5 nitrogen and oxygen atoms in total. The second-order valence-corrected chi connectivity index (χ2v) is 8.39. The Morgan fingerprint density at radius 3 is 2.14 bits per heavy atom. The number of ether oxygens (including phenoxy) is 3. The molecule has 0 N–H and O–H groups in total. The zero-order chi connectivity index (χ0) is 21.1. The first-order chi connectivity index (χ1) is 13.7. The van der Waals surface area contributed by atoms with Crippen molar-refractivity contribution in [3.8, 4) is 11.5 Å². The second kappa shape index (κ2) is 8.78. The monoisotopic (exact) mass is 398 g/mol. The number of hydrogen-bond donors (Lipinski definition) is 0. The molecule has 3 rings (SSSR count). The standard InChI is InChI=1S/C23H31BO5/c1-17-7-8-18(15-21(17)26-14-13-25-6)16-27-20-11-9-19(10-12-20)24-28-22(2,3)23(4,5)29-24/h7-12,15H,13-14,16H2,1-6H3. The molecular weight excluding hydrogens is 367 g/mol. The largest absolute Gasteiger partial charge is 0.494 e. The van der Waals surface area contributed by atoms with Gasteiger partial charge in [-0.2, -0.15) is 0 Å². The van der Waals surface area contributed by atoms with Crippen molar-refractivity contribution in [3.63, 3.8) is 0 Å². The predicted molar refractivity (Wildman–Crippen MR) is 115 cm³/mol. The molecule has 0 atom stereocenters. The molecule has 0 bridgehead atoms. The van der Waals surface area contributed by atoms with Crippen molar-refractivity contribution in [2.45, 2.75) is 52.4 Å². The van der Waals surface area contributed by atoms with Crippen LogP contribution in [-0.2, 0) is 20.7 Å². The number of benzene rings is 2. The summed E-state index contributed by atoms with van der Waals surface area (Å²) in [6.45, 7) is 11.8. The van der Waals surface area contributed by atoms with Gasteiger partial charge in [0.2, 0.25) is 0 Å². The van der Waals surface area contributed by atoms with Gasteiger partial charge in [-0.1, -0.05) is 24.3 Å². The Kier molecular flexibility index (Phi) is 6.57. The first-order valence-corrected chi connectivity index (χ1v) is 10.0. The van der Waals surface area contributed by atoms with Gasteiger partial charge in [-0.25, -0.2) is 0 Å². The molecular formula is C23H31BO5. The van der Waals surface area contributed by atoms with Crippen LogP contribution < -0.4 is 14.9 Å². The van der Waals surface area contributed by atoms with Gasteiger partial charge in [0.25, 0.3) is 0 Å². The van der Waals surface area contributed by atoms with E-state index in [1.54, 1.807) is 7.11 Å². The molecule has 0 radical (unpaired) electrons. The average Bonchev–Trinajstić information content (AvgIpc) is 2.90. The van der Waals surface area contributed by atoms with Gasteiger partial charge in [-0.3, -0.25) is 0 Å². The Hall–Kier alpha value is -2.02. The molecule has 29 heavy (non-hydrogen) atoms. The highest BCUT2D eigenvalue weighted by Gasteiger charge is 2.51. The minimum Gasteiger partial charge on any atom is -0.491 e. The highest BCUT2D eigenvalue weighted by molar-refractivity contribution is 6.62. The minimum atomic E-state index is -0.363. The summed E-state index contributed by atoms with van der Waals surface area (Å²) in [7, 11) is 1.30. The Bertz CT molecular complexity index is 801. The van der Waals surface area contributed by atoms with Gasteiger partial charge in [0.05, 0.1) is 17.8 Å². The molecule has 0 saturated carbocycles. The van der Waals surface area contributed by atoms with E-state index in [1.165, 1.54) is 0 Å². The summed E-state index contributed by atoms with van der Waals surface area (Å²) in [4.78, 5) is 0. The van der Waals surface area contributed by atoms with Crippen LogP contribution in [-0.4, -0.2) is 38.6 Å². The first kappa shape index (κ1) is 21.7. The van der Waals surface area contributed by atoms with Gasteiger partial charge < -0.3 is 23.5 Å². The third-order valence-electron chi connectivity index (χ3n) is 5.61. The molecule has 1 fully saturated rings. The van der Waals surface area contributed by atoms with Crippen molar-refractivity contribution >= 4 is 12.6 Å². The van der Waals surface area contributed by atoms with Crippen LogP contribution in [0.2, 0.25) is 0 Å². The zero-order valence-electron chi connectivity index (χ0n) is 18.3. The molecule has 2 aromatic rings. The lowest BCUT2D eigenvalue weighted by atomic mass is 9.79. The Labute approximate surface area is 174 Å². The van der Waals surface area contributed by atoms with Crippen LogP contribution in [0.4, 0.5) is 0 Å². The summed E-state index contributed by atoms with van der Waals surface area (Å²) in [5.41, 5.74) is 2.44. The highest BCUT2D eigenvalue weighted by Crippen LogP contribution is 2.36. The highest BCUT2D eigenvalue weighted by atomic mass is 16.7. The van der Waals surface area contributed by atoms with Gasteiger partial charge in [-0.05, 0) is 69.4 Å². The number of aryl methyl sites for hydroxylation is 1. The minimum absolute atomic E-state index is 0.346. The maximum absolute atomic E-state index is 6.10. The van der Waals surface area contributed by atoms with Gasteiger partial charge in [0.15, 0.2) is 0 Å². The average molecular weight is 398 g/mol. The fourth-order valence-corrected chi connectivity index (χ4v) is 2.99. The summed E-state index contributed by atoms with van der Waals surface area (Å²) in [6.07, 6.45) is 0.